The zero-order valence-corrected chi connectivity index (χ0v) is 12.3. The highest BCUT2D eigenvalue weighted by molar-refractivity contribution is 5.95. The van der Waals surface area contributed by atoms with Gasteiger partial charge in [0, 0.05) is 13.1 Å². The van der Waals surface area contributed by atoms with E-state index in [-0.39, 0.29) is 0 Å². The van der Waals surface area contributed by atoms with Crippen LogP contribution in [-0.4, -0.2) is 49.7 Å². The maximum Gasteiger partial charge on any atom is 0.337 e. The summed E-state index contributed by atoms with van der Waals surface area (Å²) in [7, 11) is 4.10. The van der Waals surface area contributed by atoms with Gasteiger partial charge >= 0.3 is 5.97 Å². The number of carbonyl (C=O) groups is 1. The van der Waals surface area contributed by atoms with Gasteiger partial charge in [0.15, 0.2) is 0 Å². The van der Waals surface area contributed by atoms with Crippen molar-refractivity contribution in [2.75, 3.05) is 38.6 Å². The Bertz CT molecular complexity index is 430. The molecule has 0 saturated carbocycles. The summed E-state index contributed by atoms with van der Waals surface area (Å²) in [6.07, 6.45) is 1.02. The smallest absolute Gasteiger partial charge is 0.337 e. The third-order valence-electron chi connectivity index (χ3n) is 3.20. The van der Waals surface area contributed by atoms with Gasteiger partial charge in [-0.15, -0.1) is 0 Å². The van der Waals surface area contributed by atoms with E-state index in [1.54, 1.807) is 12.1 Å². The van der Waals surface area contributed by atoms with Crippen LogP contribution in [0.3, 0.4) is 0 Å². The fourth-order valence-corrected chi connectivity index (χ4v) is 2.26. The fourth-order valence-electron chi connectivity index (χ4n) is 2.26. The molecule has 106 valence electrons. The standard InChI is InChI=1S/C15H24N2O2/c1-5-17(11-7-10-16(3)4)14-12(2)8-6-9-13(14)15(18)19/h6,8-9H,5,7,10-11H2,1-4H3,(H,18,19). The van der Waals surface area contributed by atoms with Gasteiger partial charge < -0.3 is 14.9 Å². The van der Waals surface area contributed by atoms with Crippen molar-refractivity contribution in [1.82, 2.24) is 4.90 Å². The van der Waals surface area contributed by atoms with Crippen LogP contribution in [0.15, 0.2) is 18.2 Å². The van der Waals surface area contributed by atoms with Crippen LogP contribution in [0.1, 0.15) is 29.3 Å². The van der Waals surface area contributed by atoms with Crippen molar-refractivity contribution in [3.63, 3.8) is 0 Å². The minimum Gasteiger partial charge on any atom is -0.478 e. The molecule has 0 fully saturated rings. The summed E-state index contributed by atoms with van der Waals surface area (Å²) < 4.78 is 0. The lowest BCUT2D eigenvalue weighted by Gasteiger charge is -2.27. The number of carboxylic acids is 1. The Labute approximate surface area is 115 Å². The summed E-state index contributed by atoms with van der Waals surface area (Å²) in [5.41, 5.74) is 2.27. The summed E-state index contributed by atoms with van der Waals surface area (Å²) in [6.45, 7) is 6.73. The summed E-state index contributed by atoms with van der Waals surface area (Å²) >= 11 is 0. The third-order valence-corrected chi connectivity index (χ3v) is 3.20. The SMILES string of the molecule is CCN(CCCN(C)C)c1c(C)cccc1C(=O)O. The van der Waals surface area contributed by atoms with E-state index in [1.165, 1.54) is 0 Å². The summed E-state index contributed by atoms with van der Waals surface area (Å²) in [5, 5.41) is 9.31. The summed E-state index contributed by atoms with van der Waals surface area (Å²) in [4.78, 5) is 15.6. The Morgan fingerprint density at radius 2 is 1.95 bits per heavy atom. The molecular weight excluding hydrogens is 240 g/mol. The molecule has 1 rings (SSSR count). The number of aryl methyl sites for hydroxylation is 1. The van der Waals surface area contributed by atoms with Crippen LogP contribution in [0.25, 0.3) is 0 Å². The van der Waals surface area contributed by atoms with Crippen LogP contribution in [0.2, 0.25) is 0 Å². The predicted molar refractivity (Wildman–Crippen MR) is 79.2 cm³/mol. The molecule has 0 spiro atoms. The number of para-hydroxylation sites is 1. The Morgan fingerprint density at radius 3 is 2.47 bits per heavy atom. The van der Waals surface area contributed by atoms with E-state index in [0.29, 0.717) is 5.56 Å². The highest BCUT2D eigenvalue weighted by Gasteiger charge is 2.16. The Hall–Kier alpha value is -1.55. The first-order valence-corrected chi connectivity index (χ1v) is 6.70. The molecule has 19 heavy (non-hydrogen) atoms. The number of hydrogen-bond acceptors (Lipinski definition) is 3. The molecule has 0 aliphatic carbocycles. The lowest BCUT2D eigenvalue weighted by Crippen LogP contribution is -2.29. The zero-order chi connectivity index (χ0) is 14.4. The maximum absolute atomic E-state index is 11.3. The topological polar surface area (TPSA) is 43.8 Å². The molecule has 4 heteroatoms. The highest BCUT2D eigenvalue weighted by Crippen LogP contribution is 2.25. The molecule has 0 radical (unpaired) electrons. The van der Waals surface area contributed by atoms with Crippen molar-refractivity contribution in [3.8, 4) is 0 Å². The lowest BCUT2D eigenvalue weighted by molar-refractivity contribution is 0.0697. The van der Waals surface area contributed by atoms with Crippen LogP contribution >= 0.6 is 0 Å². The van der Waals surface area contributed by atoms with Gasteiger partial charge in [0.05, 0.1) is 11.3 Å². The second kappa shape index (κ2) is 7.14. The summed E-state index contributed by atoms with van der Waals surface area (Å²) in [6, 6.07) is 5.45. The molecule has 0 amide bonds. The van der Waals surface area contributed by atoms with Gasteiger partial charge in [-0.3, -0.25) is 0 Å². The van der Waals surface area contributed by atoms with Gasteiger partial charge in [-0.1, -0.05) is 12.1 Å². The number of nitrogens with zero attached hydrogens (tertiary/aromatic N) is 2. The van der Waals surface area contributed by atoms with Crippen molar-refractivity contribution in [2.24, 2.45) is 0 Å². The van der Waals surface area contributed by atoms with E-state index in [0.717, 1.165) is 37.3 Å². The molecule has 1 N–H and O–H groups in total. The van der Waals surface area contributed by atoms with E-state index < -0.39 is 5.97 Å². The number of anilines is 1. The molecule has 0 atom stereocenters. The largest absolute Gasteiger partial charge is 0.478 e. The Morgan fingerprint density at radius 1 is 1.26 bits per heavy atom. The molecule has 0 aliphatic rings. The number of hydrogen-bond donors (Lipinski definition) is 1. The van der Waals surface area contributed by atoms with E-state index in [4.69, 9.17) is 0 Å². The first-order chi connectivity index (χ1) is 8.97. The van der Waals surface area contributed by atoms with E-state index in [1.807, 2.05) is 27.1 Å². The molecule has 1 aromatic rings. The highest BCUT2D eigenvalue weighted by atomic mass is 16.4. The fraction of sp³-hybridized carbons (Fsp3) is 0.533. The average Bonchev–Trinajstić information content (AvgIpc) is 2.34. The van der Waals surface area contributed by atoms with Gasteiger partial charge in [-0.2, -0.15) is 0 Å². The van der Waals surface area contributed by atoms with E-state index in [2.05, 4.69) is 16.7 Å². The molecule has 0 bridgehead atoms. The summed E-state index contributed by atoms with van der Waals surface area (Å²) in [5.74, 6) is -0.857. The molecular formula is C15H24N2O2. The predicted octanol–water partition coefficient (Wildman–Crippen LogP) is 2.47. The van der Waals surface area contributed by atoms with Gasteiger partial charge in [0.2, 0.25) is 0 Å². The van der Waals surface area contributed by atoms with Crippen LogP contribution in [0.4, 0.5) is 5.69 Å². The van der Waals surface area contributed by atoms with Crippen molar-refractivity contribution in [2.45, 2.75) is 20.3 Å². The van der Waals surface area contributed by atoms with Gasteiger partial charge in [0.1, 0.15) is 0 Å². The Balaban J connectivity index is 2.94. The minimum absolute atomic E-state index is 0.395. The van der Waals surface area contributed by atoms with Crippen molar-refractivity contribution in [1.29, 1.82) is 0 Å². The van der Waals surface area contributed by atoms with Gasteiger partial charge in [-0.25, -0.2) is 4.79 Å². The molecule has 0 aliphatic heterocycles. The van der Waals surface area contributed by atoms with Gasteiger partial charge in [0.25, 0.3) is 0 Å². The normalized spacial score (nSPS) is 10.8. The molecule has 1 aromatic carbocycles. The number of rotatable bonds is 7. The monoisotopic (exact) mass is 264 g/mol. The van der Waals surface area contributed by atoms with Crippen LogP contribution in [-0.2, 0) is 0 Å². The molecule has 0 aromatic heterocycles. The first kappa shape index (κ1) is 15.5. The van der Waals surface area contributed by atoms with E-state index in [9.17, 15) is 9.90 Å². The van der Waals surface area contributed by atoms with Crippen molar-refractivity contribution >= 4 is 11.7 Å². The van der Waals surface area contributed by atoms with Crippen molar-refractivity contribution in [3.05, 3.63) is 29.3 Å². The van der Waals surface area contributed by atoms with Crippen molar-refractivity contribution < 1.29 is 9.90 Å². The number of benzene rings is 1. The van der Waals surface area contributed by atoms with E-state index >= 15 is 0 Å². The van der Waals surface area contributed by atoms with Crippen LogP contribution < -0.4 is 4.90 Å². The van der Waals surface area contributed by atoms with Crippen LogP contribution in [0, 0.1) is 6.92 Å². The third kappa shape index (κ3) is 4.24. The molecule has 0 unspecified atom stereocenters. The lowest BCUT2D eigenvalue weighted by atomic mass is 10.1. The number of carboxylic acid groups (broad SMARTS) is 1. The quantitative estimate of drug-likeness (QED) is 0.821. The zero-order valence-electron chi connectivity index (χ0n) is 12.3. The molecule has 0 saturated heterocycles. The molecule has 0 heterocycles. The minimum atomic E-state index is -0.857. The second-order valence-corrected chi connectivity index (χ2v) is 5.01. The van der Waals surface area contributed by atoms with Gasteiger partial charge in [-0.05, 0) is 52.5 Å². The average molecular weight is 264 g/mol. The Kier molecular flexibility index (Phi) is 5.83. The second-order valence-electron chi connectivity index (χ2n) is 5.01. The maximum atomic E-state index is 11.3. The number of aromatic carboxylic acids is 1. The first-order valence-electron chi connectivity index (χ1n) is 6.70. The van der Waals surface area contributed by atoms with Crippen LogP contribution in [0.5, 0.6) is 0 Å². The molecule has 4 nitrogen and oxygen atoms in total.